The van der Waals surface area contributed by atoms with Crippen molar-refractivity contribution in [2.75, 3.05) is 13.2 Å². The third-order valence-electron chi connectivity index (χ3n) is 5.70. The third kappa shape index (κ3) is 6.24. The van der Waals surface area contributed by atoms with Crippen molar-refractivity contribution in [3.63, 3.8) is 0 Å². The lowest BCUT2D eigenvalue weighted by atomic mass is 9.95. The predicted octanol–water partition coefficient (Wildman–Crippen LogP) is 5.38. The first-order valence-electron chi connectivity index (χ1n) is 11.4. The number of amides is 1. The summed E-state index contributed by atoms with van der Waals surface area (Å²) in [6.45, 7) is 7.58. The fraction of sp³-hybridized carbons (Fsp3) is 0.440. The third-order valence-corrected chi connectivity index (χ3v) is 7.15. The molecular weight excluding hydrogens is 479 g/mol. The highest BCUT2D eigenvalue weighted by Gasteiger charge is 2.32. The van der Waals surface area contributed by atoms with E-state index in [2.05, 4.69) is 10.3 Å². The average Bonchev–Trinajstić information content (AvgIpc) is 3.54. The van der Waals surface area contributed by atoms with E-state index in [4.69, 9.17) is 9.15 Å². The monoisotopic (exact) mass is 507 g/mol. The van der Waals surface area contributed by atoms with Gasteiger partial charge < -0.3 is 19.0 Å². The number of alkyl halides is 3. The summed E-state index contributed by atoms with van der Waals surface area (Å²) in [6.07, 6.45) is 0.773. The molecule has 1 fully saturated rings. The smallest absolute Gasteiger partial charge is 0.416 e. The molecule has 0 unspecified atom stereocenters. The maximum Gasteiger partial charge on any atom is 0.416 e. The highest BCUT2D eigenvalue weighted by atomic mass is 32.1. The second-order valence-corrected chi connectivity index (χ2v) is 10.6. The molecule has 1 aliphatic heterocycles. The predicted molar refractivity (Wildman–Crippen MR) is 127 cm³/mol. The van der Waals surface area contributed by atoms with Gasteiger partial charge in [-0.25, -0.2) is 0 Å². The number of benzene rings is 1. The number of carbonyl (C=O) groups is 1. The SMILES string of the molecule is CC(C)(C)c1cn(Cc2ccco2)c(=NC(=O)c2cc(C(F)(F)F)ccc2OC[C@@H]2CCCN2)s1. The number of furan rings is 1. The van der Waals surface area contributed by atoms with E-state index in [1.807, 2.05) is 33.0 Å². The van der Waals surface area contributed by atoms with Crippen LogP contribution in [0.3, 0.4) is 0 Å². The summed E-state index contributed by atoms with van der Waals surface area (Å²) in [7, 11) is 0. The molecule has 1 saturated heterocycles. The molecule has 1 atom stereocenters. The first kappa shape index (κ1) is 25.2. The summed E-state index contributed by atoms with van der Waals surface area (Å²) >= 11 is 1.32. The molecule has 4 rings (SSSR count). The molecule has 2 aromatic heterocycles. The summed E-state index contributed by atoms with van der Waals surface area (Å²) in [4.78, 5) is 18.9. The number of rotatable bonds is 6. The van der Waals surface area contributed by atoms with Gasteiger partial charge in [-0.15, -0.1) is 11.3 Å². The van der Waals surface area contributed by atoms with Crippen molar-refractivity contribution in [1.82, 2.24) is 9.88 Å². The molecule has 0 saturated carbocycles. The van der Waals surface area contributed by atoms with Gasteiger partial charge in [0.15, 0.2) is 4.80 Å². The number of nitrogens with one attached hydrogen (secondary N) is 1. The van der Waals surface area contributed by atoms with E-state index in [9.17, 15) is 18.0 Å². The Balaban J connectivity index is 1.72. The molecule has 188 valence electrons. The van der Waals surface area contributed by atoms with Crippen molar-refractivity contribution < 1.29 is 27.1 Å². The number of hydrogen-bond donors (Lipinski definition) is 1. The van der Waals surface area contributed by atoms with Gasteiger partial charge in [0, 0.05) is 17.1 Å². The van der Waals surface area contributed by atoms with Crippen molar-refractivity contribution in [3.8, 4) is 5.75 Å². The molecule has 35 heavy (non-hydrogen) atoms. The van der Waals surface area contributed by atoms with Crippen LogP contribution in [0.2, 0.25) is 0 Å². The second-order valence-electron chi connectivity index (χ2n) is 9.57. The van der Waals surface area contributed by atoms with Gasteiger partial charge in [0.1, 0.15) is 18.1 Å². The molecule has 10 heteroatoms. The number of carbonyl (C=O) groups excluding carboxylic acids is 1. The maximum absolute atomic E-state index is 13.4. The van der Waals surface area contributed by atoms with Crippen LogP contribution in [-0.2, 0) is 18.1 Å². The summed E-state index contributed by atoms with van der Waals surface area (Å²) in [6, 6.07) is 6.61. The minimum Gasteiger partial charge on any atom is -0.491 e. The summed E-state index contributed by atoms with van der Waals surface area (Å²) in [5, 5.41) is 3.27. The zero-order valence-electron chi connectivity index (χ0n) is 19.8. The van der Waals surface area contributed by atoms with E-state index in [1.54, 1.807) is 16.9 Å². The van der Waals surface area contributed by atoms with Crippen LogP contribution in [0, 0.1) is 0 Å². The molecule has 0 spiro atoms. The van der Waals surface area contributed by atoms with Gasteiger partial charge in [0.25, 0.3) is 5.91 Å². The highest BCUT2D eigenvalue weighted by molar-refractivity contribution is 7.09. The minimum absolute atomic E-state index is 0.0886. The Hall–Kier alpha value is -2.85. The van der Waals surface area contributed by atoms with Crippen LogP contribution in [0.5, 0.6) is 5.75 Å². The quantitative estimate of drug-likeness (QED) is 0.487. The van der Waals surface area contributed by atoms with Gasteiger partial charge in [-0.05, 0) is 55.1 Å². The van der Waals surface area contributed by atoms with E-state index < -0.39 is 17.6 Å². The molecule has 1 aliphatic rings. The number of hydrogen-bond acceptors (Lipinski definition) is 5. The lowest BCUT2D eigenvalue weighted by Crippen LogP contribution is -2.28. The Morgan fingerprint density at radius 2 is 2.09 bits per heavy atom. The molecule has 3 heterocycles. The molecule has 0 radical (unpaired) electrons. The van der Waals surface area contributed by atoms with E-state index in [1.165, 1.54) is 17.4 Å². The van der Waals surface area contributed by atoms with Crippen LogP contribution < -0.4 is 14.9 Å². The van der Waals surface area contributed by atoms with Gasteiger partial charge in [0.2, 0.25) is 0 Å². The molecule has 1 aromatic carbocycles. The second kappa shape index (κ2) is 10.0. The van der Waals surface area contributed by atoms with Gasteiger partial charge in [-0.1, -0.05) is 20.8 Å². The van der Waals surface area contributed by atoms with Gasteiger partial charge >= 0.3 is 6.18 Å². The summed E-state index contributed by atoms with van der Waals surface area (Å²) in [5.74, 6) is -0.0315. The molecule has 0 aliphatic carbocycles. The number of halogens is 3. The largest absolute Gasteiger partial charge is 0.491 e. The maximum atomic E-state index is 13.4. The fourth-order valence-electron chi connectivity index (χ4n) is 3.73. The molecule has 6 nitrogen and oxygen atoms in total. The fourth-order valence-corrected chi connectivity index (χ4v) is 4.78. The summed E-state index contributed by atoms with van der Waals surface area (Å²) in [5.41, 5.74) is -1.34. The Morgan fingerprint density at radius 3 is 2.71 bits per heavy atom. The Kier molecular flexibility index (Phi) is 7.23. The summed E-state index contributed by atoms with van der Waals surface area (Å²) < 4.78 is 53.3. The topological polar surface area (TPSA) is 68.8 Å². The highest BCUT2D eigenvalue weighted by Crippen LogP contribution is 2.33. The minimum atomic E-state index is -4.60. The van der Waals surface area contributed by atoms with E-state index in [0.717, 1.165) is 36.4 Å². The van der Waals surface area contributed by atoms with Gasteiger partial charge in [-0.3, -0.25) is 4.79 Å². The van der Waals surface area contributed by atoms with Crippen molar-refractivity contribution in [1.29, 1.82) is 0 Å². The van der Waals surface area contributed by atoms with Crippen molar-refractivity contribution in [3.05, 3.63) is 69.4 Å². The van der Waals surface area contributed by atoms with Crippen LogP contribution in [0.15, 0.2) is 52.2 Å². The molecule has 1 N–H and O–H groups in total. The Morgan fingerprint density at radius 1 is 1.29 bits per heavy atom. The Bertz CT molecular complexity index is 1230. The van der Waals surface area contributed by atoms with Gasteiger partial charge in [0.05, 0.1) is 23.9 Å². The standard InChI is InChI=1S/C25H28F3N3O3S/c1-24(2,3)21-14-31(13-18-7-5-11-33-18)23(35-21)30-22(32)19-12-16(25(26,27)28)8-9-20(19)34-15-17-6-4-10-29-17/h5,7-9,11-12,14,17,29H,4,6,10,13,15H2,1-3H3/t17-/m0/s1. The van der Waals surface area contributed by atoms with Gasteiger partial charge in [-0.2, -0.15) is 18.2 Å². The normalized spacial score (nSPS) is 17.2. The lowest BCUT2D eigenvalue weighted by Gasteiger charge is -2.15. The number of nitrogens with zero attached hydrogens (tertiary/aromatic N) is 2. The molecule has 3 aromatic rings. The van der Waals surface area contributed by atoms with Crippen molar-refractivity contribution in [2.45, 2.75) is 57.8 Å². The van der Waals surface area contributed by atoms with Crippen molar-refractivity contribution >= 4 is 17.2 Å². The first-order chi connectivity index (χ1) is 16.5. The molecular formula is C25H28F3N3O3S. The van der Waals surface area contributed by atoms with Crippen LogP contribution in [0.4, 0.5) is 13.2 Å². The van der Waals surface area contributed by atoms with Crippen LogP contribution in [-0.4, -0.2) is 29.7 Å². The number of thiazole rings is 1. The van der Waals surface area contributed by atoms with Crippen LogP contribution in [0.1, 0.15) is 60.2 Å². The molecule has 1 amide bonds. The Labute approximate surface area is 205 Å². The zero-order valence-corrected chi connectivity index (χ0v) is 20.6. The van der Waals surface area contributed by atoms with Crippen molar-refractivity contribution in [2.24, 2.45) is 4.99 Å². The van der Waals surface area contributed by atoms with E-state index >= 15 is 0 Å². The van der Waals surface area contributed by atoms with E-state index in [0.29, 0.717) is 17.1 Å². The van der Waals surface area contributed by atoms with Crippen LogP contribution >= 0.6 is 11.3 Å². The average molecular weight is 508 g/mol. The first-order valence-corrected chi connectivity index (χ1v) is 12.2. The van der Waals surface area contributed by atoms with E-state index in [-0.39, 0.29) is 29.4 Å². The zero-order chi connectivity index (χ0) is 25.2. The number of aromatic nitrogens is 1. The molecule has 0 bridgehead atoms. The lowest BCUT2D eigenvalue weighted by molar-refractivity contribution is -0.137. The van der Waals surface area contributed by atoms with Crippen LogP contribution in [0.25, 0.3) is 0 Å². The number of ether oxygens (including phenoxy) is 1.